The first-order chi connectivity index (χ1) is 16.0. The summed E-state index contributed by atoms with van der Waals surface area (Å²) in [4.78, 5) is 23.3. The number of hydrogen-bond acceptors (Lipinski definition) is 6. The zero-order chi connectivity index (χ0) is 25.1. The minimum Gasteiger partial charge on any atom is -0.383 e. The van der Waals surface area contributed by atoms with Gasteiger partial charge in [-0.2, -0.15) is 13.2 Å². The van der Waals surface area contributed by atoms with Gasteiger partial charge < -0.3 is 16.0 Å². The van der Waals surface area contributed by atoms with Crippen molar-refractivity contribution in [3.63, 3.8) is 0 Å². The van der Waals surface area contributed by atoms with Crippen LogP contribution < -0.4 is 16.0 Å². The lowest BCUT2D eigenvalue weighted by molar-refractivity contribution is -0.138. The number of anilines is 2. The molecule has 0 aromatic carbocycles. The molecule has 3 N–H and O–H groups in total. The van der Waals surface area contributed by atoms with Crippen molar-refractivity contribution in [1.29, 1.82) is 0 Å². The molecule has 1 aliphatic rings. The largest absolute Gasteiger partial charge is 0.418 e. The maximum Gasteiger partial charge on any atom is 0.418 e. The van der Waals surface area contributed by atoms with Gasteiger partial charge in [-0.25, -0.2) is 9.97 Å². The minimum atomic E-state index is -4.73. The molecule has 0 unspecified atom stereocenters. The molecule has 0 spiro atoms. The molecule has 9 heteroatoms. The first-order valence-electron chi connectivity index (χ1n) is 11.9. The molecule has 0 amide bonds. The predicted octanol–water partition coefficient (Wildman–Crippen LogP) is 5.08. The Labute approximate surface area is 199 Å². The van der Waals surface area contributed by atoms with E-state index in [1.165, 1.54) is 24.4 Å². The Hall–Kier alpha value is -2.68. The highest BCUT2D eigenvalue weighted by atomic mass is 19.4. The van der Waals surface area contributed by atoms with Crippen LogP contribution in [0.3, 0.4) is 0 Å². The molecule has 0 radical (unpaired) electrons. The van der Waals surface area contributed by atoms with E-state index in [4.69, 9.17) is 5.73 Å². The van der Waals surface area contributed by atoms with Crippen molar-refractivity contribution < 1.29 is 18.0 Å². The van der Waals surface area contributed by atoms with Gasteiger partial charge in [0.2, 0.25) is 5.78 Å². The van der Waals surface area contributed by atoms with E-state index in [0.29, 0.717) is 24.8 Å². The zero-order valence-electron chi connectivity index (χ0n) is 20.2. The van der Waals surface area contributed by atoms with E-state index in [9.17, 15) is 18.0 Å². The van der Waals surface area contributed by atoms with Crippen LogP contribution in [-0.2, 0) is 6.18 Å². The lowest BCUT2D eigenvalue weighted by Crippen LogP contribution is -2.65. The summed E-state index contributed by atoms with van der Waals surface area (Å²) in [7, 11) is 0. The number of halogens is 3. The quantitative estimate of drug-likeness (QED) is 0.516. The third-order valence-electron chi connectivity index (χ3n) is 6.41. The van der Waals surface area contributed by atoms with Gasteiger partial charge in [0.15, 0.2) is 0 Å². The summed E-state index contributed by atoms with van der Waals surface area (Å²) in [5.74, 6) is -0.188. The fourth-order valence-corrected chi connectivity index (χ4v) is 4.88. The number of ketones is 1. The molecule has 3 heterocycles. The lowest BCUT2D eigenvalue weighted by Gasteiger charge is -2.48. The summed E-state index contributed by atoms with van der Waals surface area (Å²) >= 11 is 0. The molecule has 186 valence electrons. The fraction of sp³-hybridized carbons (Fsp3) is 0.560. The number of nitrogens with one attached hydrogen (secondary N) is 1. The Balaban J connectivity index is 2.07. The number of aromatic nitrogens is 2. The highest BCUT2D eigenvalue weighted by Crippen LogP contribution is 2.35. The Morgan fingerprint density at radius 3 is 2.62 bits per heavy atom. The standard InChI is InChI=1S/C25H34F3N5O/c1-5-11-24(6-2)15-33(14-17(32-24)13-16(3)4)20-10-9-19(25(26,27)28)21(31-20)22(34)18-8-7-12-30-23(18)29/h7-10,12,16-17,32H,5-6,11,13-15H2,1-4H3,(H2,29,30)/t17-,24+/m0/s1. The Kier molecular flexibility index (Phi) is 7.85. The van der Waals surface area contributed by atoms with Gasteiger partial charge >= 0.3 is 6.18 Å². The van der Waals surface area contributed by atoms with Crippen LogP contribution >= 0.6 is 0 Å². The summed E-state index contributed by atoms with van der Waals surface area (Å²) in [5, 5.41) is 3.81. The Bertz CT molecular complexity index is 1010. The number of nitrogens with zero attached hydrogens (tertiary/aromatic N) is 3. The van der Waals surface area contributed by atoms with Crippen molar-refractivity contribution in [1.82, 2.24) is 15.3 Å². The highest BCUT2D eigenvalue weighted by molar-refractivity contribution is 6.11. The molecule has 2 atom stereocenters. The molecule has 6 nitrogen and oxygen atoms in total. The summed E-state index contributed by atoms with van der Waals surface area (Å²) in [6.45, 7) is 9.76. The number of pyridine rings is 2. The van der Waals surface area contributed by atoms with Crippen LogP contribution in [0.4, 0.5) is 24.8 Å². The SMILES string of the molecule is CCC[C@]1(CC)CN(c2ccc(C(F)(F)F)c(C(=O)c3cccnc3N)n2)C[C@H](CC(C)C)N1. The van der Waals surface area contributed by atoms with Crippen LogP contribution in [0, 0.1) is 5.92 Å². The Morgan fingerprint density at radius 2 is 2.03 bits per heavy atom. The summed E-state index contributed by atoms with van der Waals surface area (Å²) in [6.07, 6.45) is 0.382. The third kappa shape index (κ3) is 5.68. The van der Waals surface area contributed by atoms with Gasteiger partial charge in [0.1, 0.15) is 17.3 Å². The summed E-state index contributed by atoms with van der Waals surface area (Å²) in [6, 6.07) is 5.32. The van der Waals surface area contributed by atoms with E-state index in [0.717, 1.165) is 31.7 Å². The number of nitrogens with two attached hydrogens (primary N) is 1. The zero-order valence-corrected chi connectivity index (χ0v) is 20.2. The predicted molar refractivity (Wildman–Crippen MR) is 128 cm³/mol. The van der Waals surface area contributed by atoms with E-state index >= 15 is 0 Å². The first-order valence-corrected chi connectivity index (χ1v) is 11.9. The molecule has 3 rings (SSSR count). The normalized spacial score (nSPS) is 21.2. The first kappa shape index (κ1) is 25.9. The highest BCUT2D eigenvalue weighted by Gasteiger charge is 2.40. The topological polar surface area (TPSA) is 84.1 Å². The van der Waals surface area contributed by atoms with Crippen molar-refractivity contribution >= 4 is 17.4 Å². The molecule has 0 saturated carbocycles. The van der Waals surface area contributed by atoms with Crippen molar-refractivity contribution in [2.75, 3.05) is 23.7 Å². The monoisotopic (exact) mass is 477 g/mol. The maximum atomic E-state index is 13.8. The second kappa shape index (κ2) is 10.3. The third-order valence-corrected chi connectivity index (χ3v) is 6.41. The molecule has 0 bridgehead atoms. The Morgan fingerprint density at radius 1 is 1.29 bits per heavy atom. The van der Waals surface area contributed by atoms with E-state index in [1.54, 1.807) is 0 Å². The van der Waals surface area contributed by atoms with Crippen molar-refractivity contribution in [3.05, 3.63) is 47.3 Å². The summed E-state index contributed by atoms with van der Waals surface area (Å²) in [5.41, 5.74) is 3.80. The van der Waals surface area contributed by atoms with Crippen molar-refractivity contribution in [2.45, 2.75) is 71.1 Å². The van der Waals surface area contributed by atoms with Crippen LogP contribution in [-0.4, -0.2) is 40.4 Å². The van der Waals surface area contributed by atoms with E-state index in [-0.39, 0.29) is 23.0 Å². The lowest BCUT2D eigenvalue weighted by atomic mass is 9.85. The average Bonchev–Trinajstić information content (AvgIpc) is 2.77. The minimum absolute atomic E-state index is 0.0930. The van der Waals surface area contributed by atoms with Crippen LogP contribution in [0.5, 0.6) is 0 Å². The van der Waals surface area contributed by atoms with E-state index in [2.05, 4.69) is 43.0 Å². The smallest absolute Gasteiger partial charge is 0.383 e. The number of rotatable bonds is 8. The molecule has 1 aliphatic heterocycles. The van der Waals surface area contributed by atoms with Crippen LogP contribution in [0.25, 0.3) is 0 Å². The molecule has 1 saturated heterocycles. The molecule has 34 heavy (non-hydrogen) atoms. The number of nitrogen functional groups attached to an aromatic ring is 1. The fourth-order valence-electron chi connectivity index (χ4n) is 4.88. The van der Waals surface area contributed by atoms with E-state index in [1.807, 2.05) is 4.90 Å². The average molecular weight is 478 g/mol. The van der Waals surface area contributed by atoms with Gasteiger partial charge in [0.25, 0.3) is 0 Å². The van der Waals surface area contributed by atoms with Crippen molar-refractivity contribution in [2.24, 2.45) is 5.92 Å². The molecular formula is C25H34F3N5O. The number of piperazine rings is 1. The number of carbonyl (C=O) groups excluding carboxylic acids is 1. The molecule has 0 aliphatic carbocycles. The number of alkyl halides is 3. The molecule has 2 aromatic rings. The van der Waals surface area contributed by atoms with Gasteiger partial charge in [-0.15, -0.1) is 0 Å². The van der Waals surface area contributed by atoms with Crippen LogP contribution in [0.1, 0.15) is 75.0 Å². The second-order valence-corrected chi connectivity index (χ2v) is 9.56. The summed E-state index contributed by atoms with van der Waals surface area (Å²) < 4.78 is 41.5. The van der Waals surface area contributed by atoms with Gasteiger partial charge in [0.05, 0.1) is 11.1 Å². The maximum absolute atomic E-state index is 13.8. The van der Waals surface area contributed by atoms with E-state index < -0.39 is 23.2 Å². The van der Waals surface area contributed by atoms with Gasteiger partial charge in [-0.3, -0.25) is 4.79 Å². The van der Waals surface area contributed by atoms with Crippen molar-refractivity contribution in [3.8, 4) is 0 Å². The molecular weight excluding hydrogens is 443 g/mol. The van der Waals surface area contributed by atoms with Gasteiger partial charge in [-0.1, -0.05) is 34.1 Å². The molecule has 2 aromatic heterocycles. The second-order valence-electron chi connectivity index (χ2n) is 9.56. The number of carbonyl (C=O) groups is 1. The molecule has 1 fully saturated rings. The van der Waals surface area contributed by atoms with Gasteiger partial charge in [0, 0.05) is 30.9 Å². The van der Waals surface area contributed by atoms with Crippen LogP contribution in [0.2, 0.25) is 0 Å². The number of hydrogen-bond donors (Lipinski definition) is 2. The van der Waals surface area contributed by atoms with Crippen LogP contribution in [0.15, 0.2) is 30.5 Å². The van der Waals surface area contributed by atoms with Gasteiger partial charge in [-0.05, 0) is 49.4 Å².